The number of rotatable bonds is 13. The quantitative estimate of drug-likeness (QED) is 0.489. The number of aliphatic hydroxyl groups is 1. The second-order valence-electron chi connectivity index (χ2n) is 8.89. The van der Waals surface area contributed by atoms with Gasteiger partial charge >= 0.3 is 0 Å². The van der Waals surface area contributed by atoms with Crippen LogP contribution in [0.1, 0.15) is 26.3 Å². The molecule has 0 spiro atoms. The summed E-state index contributed by atoms with van der Waals surface area (Å²) in [5.41, 5.74) is 2.93. The van der Waals surface area contributed by atoms with E-state index in [0.29, 0.717) is 26.3 Å². The summed E-state index contributed by atoms with van der Waals surface area (Å²) in [6, 6.07) is 10.4. The molecule has 8 nitrogen and oxygen atoms in total. The van der Waals surface area contributed by atoms with Crippen LogP contribution in [0.25, 0.3) is 11.3 Å². The molecule has 0 amide bonds. The summed E-state index contributed by atoms with van der Waals surface area (Å²) >= 11 is 0. The largest absolute Gasteiger partial charge is 0.389 e. The molecule has 1 saturated heterocycles. The molecule has 1 aromatic heterocycles. The van der Waals surface area contributed by atoms with Crippen LogP contribution in [0.5, 0.6) is 0 Å². The first-order valence-electron chi connectivity index (χ1n) is 12.0. The van der Waals surface area contributed by atoms with Crippen LogP contribution in [-0.4, -0.2) is 98.4 Å². The molecule has 0 aliphatic carbocycles. The van der Waals surface area contributed by atoms with Crippen molar-refractivity contribution < 1.29 is 19.1 Å². The highest BCUT2D eigenvalue weighted by atomic mass is 16.5. The van der Waals surface area contributed by atoms with Gasteiger partial charge in [0.1, 0.15) is 5.69 Å². The maximum atomic E-state index is 10.6. The van der Waals surface area contributed by atoms with Gasteiger partial charge in [0.15, 0.2) is 0 Å². The smallest absolute Gasteiger partial charge is 0.232 e. The normalized spacial score (nSPS) is 16.0. The maximum Gasteiger partial charge on any atom is 0.232 e. The van der Waals surface area contributed by atoms with Crippen molar-refractivity contribution in [2.75, 3.05) is 71.1 Å². The molecule has 1 atom stereocenters. The molecule has 0 saturated carbocycles. The minimum absolute atomic E-state index is 0.269. The lowest BCUT2D eigenvalue weighted by atomic mass is 10.1. The van der Waals surface area contributed by atoms with Gasteiger partial charge in [0.05, 0.1) is 31.5 Å². The molecule has 1 fully saturated rings. The molecule has 0 unspecified atom stereocenters. The molecule has 1 N–H and O–H groups in total. The first kappa shape index (κ1) is 25.6. The van der Waals surface area contributed by atoms with E-state index in [4.69, 9.17) is 14.0 Å². The van der Waals surface area contributed by atoms with Gasteiger partial charge in [-0.3, -0.25) is 9.80 Å². The number of hydrogen-bond acceptors (Lipinski definition) is 8. The van der Waals surface area contributed by atoms with E-state index in [1.165, 1.54) is 0 Å². The molecule has 0 bridgehead atoms. The number of aliphatic hydroxyl groups excluding tert-OH is 1. The number of ether oxygens (including phenoxy) is 2. The summed E-state index contributed by atoms with van der Waals surface area (Å²) < 4.78 is 16.8. The van der Waals surface area contributed by atoms with Gasteiger partial charge in [-0.25, -0.2) is 0 Å². The topological polar surface area (TPSA) is 74.4 Å². The van der Waals surface area contributed by atoms with Crippen molar-refractivity contribution in [3.05, 3.63) is 35.9 Å². The van der Waals surface area contributed by atoms with E-state index in [9.17, 15) is 5.11 Å². The van der Waals surface area contributed by atoms with Crippen molar-refractivity contribution in [3.8, 4) is 11.3 Å². The minimum atomic E-state index is -0.555. The van der Waals surface area contributed by atoms with Crippen LogP contribution in [0, 0.1) is 0 Å². The zero-order chi connectivity index (χ0) is 23.6. The van der Waals surface area contributed by atoms with Crippen LogP contribution in [-0.2, 0) is 16.0 Å². The third kappa shape index (κ3) is 7.52. The fourth-order valence-corrected chi connectivity index (χ4v) is 3.95. The van der Waals surface area contributed by atoms with Crippen LogP contribution in [0.15, 0.2) is 34.9 Å². The van der Waals surface area contributed by atoms with Crippen LogP contribution < -0.4 is 4.90 Å². The average molecular weight is 461 g/mol. The van der Waals surface area contributed by atoms with Crippen molar-refractivity contribution >= 4 is 5.88 Å². The number of hydrogen-bond donors (Lipinski definition) is 1. The van der Waals surface area contributed by atoms with Gasteiger partial charge in [-0.15, -0.1) is 0 Å². The van der Waals surface area contributed by atoms with Gasteiger partial charge in [0.25, 0.3) is 0 Å². The van der Waals surface area contributed by atoms with Crippen molar-refractivity contribution in [2.24, 2.45) is 0 Å². The van der Waals surface area contributed by atoms with E-state index in [-0.39, 0.29) is 6.04 Å². The van der Waals surface area contributed by atoms with E-state index < -0.39 is 6.10 Å². The molecule has 184 valence electrons. The molecule has 1 aliphatic rings. The molecule has 1 aliphatic heterocycles. The van der Waals surface area contributed by atoms with Gasteiger partial charge in [0, 0.05) is 64.5 Å². The lowest BCUT2D eigenvalue weighted by Crippen LogP contribution is -2.43. The van der Waals surface area contributed by atoms with Gasteiger partial charge in [-0.05, 0) is 20.8 Å². The van der Waals surface area contributed by atoms with Crippen LogP contribution in [0.2, 0.25) is 0 Å². The van der Waals surface area contributed by atoms with Crippen LogP contribution in [0.3, 0.4) is 0 Å². The Morgan fingerprint density at radius 2 is 1.91 bits per heavy atom. The summed E-state index contributed by atoms with van der Waals surface area (Å²) in [5.74, 6) is 0.777. The molecular formula is C25H40N4O4. The van der Waals surface area contributed by atoms with Crippen LogP contribution in [0.4, 0.5) is 5.88 Å². The van der Waals surface area contributed by atoms with Gasteiger partial charge in [0.2, 0.25) is 5.88 Å². The van der Waals surface area contributed by atoms with E-state index in [1.54, 1.807) is 0 Å². The van der Waals surface area contributed by atoms with E-state index in [0.717, 1.165) is 62.1 Å². The summed E-state index contributed by atoms with van der Waals surface area (Å²) in [6.07, 6.45) is -0.555. The van der Waals surface area contributed by atoms with E-state index in [2.05, 4.69) is 45.8 Å². The fourth-order valence-electron chi connectivity index (χ4n) is 3.95. The Hall–Kier alpha value is -1.97. The lowest BCUT2D eigenvalue weighted by molar-refractivity contribution is 0.00989. The Bertz CT molecular complexity index is 808. The zero-order valence-corrected chi connectivity index (χ0v) is 20.6. The third-order valence-electron chi connectivity index (χ3n) is 6.11. The Morgan fingerprint density at radius 1 is 1.18 bits per heavy atom. The summed E-state index contributed by atoms with van der Waals surface area (Å²) in [4.78, 5) is 6.82. The molecule has 0 radical (unpaired) electrons. The molecule has 8 heteroatoms. The summed E-state index contributed by atoms with van der Waals surface area (Å²) in [7, 11) is 2.03. The standard InChI is InChI=1S/C25H40N4O4/c1-5-31-19-22(30)17-29(12-11-28-13-15-32-16-14-28)18-23-24(21-9-7-6-8-10-21)26-33-25(23)27(4)20(2)3/h6-10,20,22,30H,5,11-19H2,1-4H3/t22-/m1/s1. The third-order valence-corrected chi connectivity index (χ3v) is 6.11. The molecular weight excluding hydrogens is 420 g/mol. The number of benzene rings is 1. The number of morpholine rings is 1. The molecule has 2 aromatic rings. The Balaban J connectivity index is 1.84. The van der Waals surface area contributed by atoms with Crippen molar-refractivity contribution in [1.29, 1.82) is 0 Å². The zero-order valence-electron chi connectivity index (χ0n) is 20.6. The Morgan fingerprint density at radius 3 is 2.58 bits per heavy atom. The lowest BCUT2D eigenvalue weighted by Gasteiger charge is -2.31. The highest BCUT2D eigenvalue weighted by Gasteiger charge is 2.25. The van der Waals surface area contributed by atoms with Gasteiger partial charge in [-0.1, -0.05) is 35.5 Å². The Kier molecular flexibility index (Phi) is 10.1. The minimum Gasteiger partial charge on any atom is -0.389 e. The predicted molar refractivity (Wildman–Crippen MR) is 131 cm³/mol. The van der Waals surface area contributed by atoms with Crippen molar-refractivity contribution in [2.45, 2.75) is 39.5 Å². The monoisotopic (exact) mass is 460 g/mol. The summed E-state index contributed by atoms with van der Waals surface area (Å²) in [5, 5.41) is 15.1. The Labute approximate surface area is 198 Å². The maximum absolute atomic E-state index is 10.6. The molecule has 2 heterocycles. The highest BCUT2D eigenvalue weighted by molar-refractivity contribution is 5.68. The average Bonchev–Trinajstić information content (AvgIpc) is 3.25. The SMILES string of the molecule is CCOC[C@H](O)CN(CCN1CCOCC1)Cc1c(-c2ccccc2)noc1N(C)C(C)C. The van der Waals surface area contributed by atoms with Crippen molar-refractivity contribution in [3.63, 3.8) is 0 Å². The predicted octanol–water partition coefficient (Wildman–Crippen LogP) is 2.72. The highest BCUT2D eigenvalue weighted by Crippen LogP contribution is 2.32. The van der Waals surface area contributed by atoms with Gasteiger partial charge < -0.3 is 24.0 Å². The van der Waals surface area contributed by atoms with Gasteiger partial charge in [-0.2, -0.15) is 0 Å². The van der Waals surface area contributed by atoms with E-state index >= 15 is 0 Å². The number of nitrogens with zero attached hydrogens (tertiary/aromatic N) is 4. The second-order valence-corrected chi connectivity index (χ2v) is 8.89. The van der Waals surface area contributed by atoms with E-state index in [1.807, 2.05) is 32.2 Å². The number of anilines is 1. The molecule has 1 aromatic carbocycles. The first-order valence-corrected chi connectivity index (χ1v) is 12.0. The number of aromatic nitrogens is 1. The van der Waals surface area contributed by atoms with Crippen LogP contribution >= 0.6 is 0 Å². The molecule has 3 rings (SSSR count). The second kappa shape index (κ2) is 13.1. The summed E-state index contributed by atoms with van der Waals surface area (Å²) in [6.45, 7) is 13.5. The first-order chi connectivity index (χ1) is 16.0. The van der Waals surface area contributed by atoms with Crippen molar-refractivity contribution in [1.82, 2.24) is 15.0 Å². The fraction of sp³-hybridized carbons (Fsp3) is 0.640. The molecule has 33 heavy (non-hydrogen) atoms.